The minimum Gasteiger partial charge on any atom is -0.228 e. The number of pyridine rings is 4. The van der Waals surface area contributed by atoms with Crippen LogP contribution in [-0.2, 0) is 50.4 Å². The quantitative estimate of drug-likeness (QED) is 0.0293. The molecule has 0 N–H and O–H groups in total. The number of aryl methyl sites for hydroxylation is 4. The molecule has 8 rings (SSSR count). The third-order valence-corrected chi connectivity index (χ3v) is 15.8. The van der Waals surface area contributed by atoms with E-state index in [4.69, 9.17) is 0 Å². The highest BCUT2D eigenvalue weighted by Gasteiger charge is 2.55. The van der Waals surface area contributed by atoms with Gasteiger partial charge in [-0.15, -0.1) is 0 Å². The summed E-state index contributed by atoms with van der Waals surface area (Å²) >= 11 is 0. The summed E-state index contributed by atoms with van der Waals surface area (Å²) in [5, 5.41) is 0. The average molecular weight is 1020 g/mol. The summed E-state index contributed by atoms with van der Waals surface area (Å²) in [6.07, 6.45) is 20.5. The maximum atomic E-state index is 15.8. The smallest absolute Gasteiger partial charge is 0.212 e. The van der Waals surface area contributed by atoms with Gasteiger partial charge in [0.25, 0.3) is 0 Å². The van der Waals surface area contributed by atoms with Gasteiger partial charge in [0.1, 0.15) is 0 Å². The van der Waals surface area contributed by atoms with Crippen LogP contribution in [0.3, 0.4) is 0 Å². The fourth-order valence-electron chi connectivity index (χ4n) is 11.9. The van der Waals surface area contributed by atoms with Crippen molar-refractivity contribution >= 4 is 0 Å². The number of rotatable bonds is 27. The van der Waals surface area contributed by atoms with E-state index >= 15 is 4.39 Å². The lowest BCUT2D eigenvalue weighted by Gasteiger charge is -2.54. The molecule has 8 heteroatoms. The number of benzene rings is 4. The fraction of sp³-hybridized carbons (Fsp3) is 0.353. The van der Waals surface area contributed by atoms with Gasteiger partial charge in [0.2, 0.25) is 23.8 Å². The van der Waals surface area contributed by atoms with Crippen LogP contribution >= 0.6 is 0 Å². The number of halogens is 4. The Morgan fingerprint density at radius 3 is 1.18 bits per heavy atom. The first kappa shape index (κ1) is 55.4. The molecule has 5 unspecified atom stereocenters. The van der Waals surface area contributed by atoms with Gasteiger partial charge >= 0.3 is 0 Å². The van der Waals surface area contributed by atoms with E-state index in [1.807, 2.05) is 24.3 Å². The largest absolute Gasteiger partial charge is 0.228 e. The van der Waals surface area contributed by atoms with Gasteiger partial charge in [0.05, 0.1) is 0 Å². The molecule has 0 bridgehead atoms. The summed E-state index contributed by atoms with van der Waals surface area (Å²) in [5.41, 5.74) is 11.3. The van der Waals surface area contributed by atoms with Crippen LogP contribution in [0, 0.1) is 29.7 Å². The van der Waals surface area contributed by atoms with Gasteiger partial charge < -0.3 is 0 Å². The second kappa shape index (κ2) is 27.3. The van der Waals surface area contributed by atoms with E-state index in [0.29, 0.717) is 19.3 Å². The van der Waals surface area contributed by atoms with E-state index in [0.717, 1.165) is 102 Å². The first-order chi connectivity index (χ1) is 37.1. The third kappa shape index (κ3) is 14.0. The molecule has 76 heavy (non-hydrogen) atoms. The van der Waals surface area contributed by atoms with Crippen molar-refractivity contribution in [1.29, 1.82) is 0 Å². The molecule has 0 radical (unpaired) electrons. The molecule has 0 fully saturated rings. The minimum atomic E-state index is -1.11. The van der Waals surface area contributed by atoms with E-state index in [2.05, 4.69) is 145 Å². The lowest BCUT2D eigenvalue weighted by Crippen LogP contribution is -2.49. The molecule has 4 heterocycles. The van der Waals surface area contributed by atoms with Crippen LogP contribution in [0.4, 0.5) is 17.6 Å². The zero-order valence-corrected chi connectivity index (χ0v) is 44.9. The molecule has 394 valence electrons. The Kier molecular flexibility index (Phi) is 19.9. The monoisotopic (exact) mass is 1020 g/mol. The predicted octanol–water partition coefficient (Wildman–Crippen LogP) is 17.2. The van der Waals surface area contributed by atoms with Gasteiger partial charge in [0.15, 0.2) is 0 Å². The Bertz CT molecular complexity index is 2960. The molecule has 0 saturated carbocycles. The van der Waals surface area contributed by atoms with Crippen molar-refractivity contribution in [2.24, 2.45) is 5.92 Å². The lowest BCUT2D eigenvalue weighted by atomic mass is 9.48. The van der Waals surface area contributed by atoms with Crippen molar-refractivity contribution < 1.29 is 17.6 Å². The summed E-state index contributed by atoms with van der Waals surface area (Å²) in [6.45, 7) is 8.77. The van der Waals surface area contributed by atoms with Crippen LogP contribution in [0.5, 0.6) is 0 Å². The van der Waals surface area contributed by atoms with Gasteiger partial charge in [-0.25, -0.2) is 19.9 Å². The Morgan fingerprint density at radius 2 is 0.737 bits per heavy atom. The zero-order chi connectivity index (χ0) is 53.3. The van der Waals surface area contributed by atoms with Crippen LogP contribution in [0.1, 0.15) is 164 Å². The number of hydrogen-bond donors (Lipinski definition) is 0. The molecule has 0 amide bonds. The van der Waals surface area contributed by atoms with Crippen molar-refractivity contribution in [3.05, 3.63) is 261 Å². The van der Waals surface area contributed by atoms with Crippen LogP contribution in [-0.4, -0.2) is 19.9 Å². The van der Waals surface area contributed by atoms with E-state index in [1.54, 1.807) is 24.8 Å². The molecule has 0 spiro atoms. The lowest BCUT2D eigenvalue weighted by molar-refractivity contribution is 0.182. The summed E-state index contributed by atoms with van der Waals surface area (Å²) in [5.74, 6) is -3.90. The van der Waals surface area contributed by atoms with Gasteiger partial charge in [-0.05, 0) is 167 Å². The van der Waals surface area contributed by atoms with Crippen LogP contribution in [0.25, 0.3) is 0 Å². The minimum absolute atomic E-state index is 0.354. The highest BCUT2D eigenvalue weighted by molar-refractivity contribution is 5.51. The molecule has 8 aromatic rings. The van der Waals surface area contributed by atoms with Crippen LogP contribution in [0.15, 0.2) is 170 Å². The van der Waals surface area contributed by atoms with E-state index < -0.39 is 41.0 Å². The average Bonchev–Trinajstić information content (AvgIpc) is 3.58. The Morgan fingerprint density at radius 1 is 0.342 bits per heavy atom. The number of nitrogens with zero attached hydrogens (tertiary/aromatic N) is 4. The maximum Gasteiger partial charge on any atom is 0.212 e. The molecule has 0 aliphatic heterocycles. The predicted molar refractivity (Wildman–Crippen MR) is 301 cm³/mol. The highest BCUT2D eigenvalue weighted by atomic mass is 19.1. The number of hydrogen-bond acceptors (Lipinski definition) is 4. The van der Waals surface area contributed by atoms with Crippen molar-refractivity contribution in [2.75, 3.05) is 0 Å². The van der Waals surface area contributed by atoms with Gasteiger partial charge in [-0.2, -0.15) is 17.6 Å². The first-order valence-corrected chi connectivity index (χ1v) is 27.9. The normalized spacial score (nSPS) is 13.9. The van der Waals surface area contributed by atoms with Gasteiger partial charge in [-0.3, -0.25) is 0 Å². The number of aromatic nitrogens is 4. The second-order valence-corrected chi connectivity index (χ2v) is 20.9. The third-order valence-electron chi connectivity index (χ3n) is 15.8. The molecular formula is C68H74F4N4. The summed E-state index contributed by atoms with van der Waals surface area (Å²) in [7, 11) is 0. The second-order valence-electron chi connectivity index (χ2n) is 20.9. The van der Waals surface area contributed by atoms with Gasteiger partial charge in [-0.1, -0.05) is 188 Å². The molecular weight excluding hydrogens is 949 g/mol. The molecule has 4 nitrogen and oxygen atoms in total. The summed E-state index contributed by atoms with van der Waals surface area (Å²) in [4.78, 5) is 17.3. The van der Waals surface area contributed by atoms with E-state index in [9.17, 15) is 13.2 Å². The molecule has 0 saturated heterocycles. The fourth-order valence-corrected chi connectivity index (χ4v) is 11.9. The molecule has 0 aliphatic rings. The molecule has 4 aromatic carbocycles. The van der Waals surface area contributed by atoms with Crippen molar-refractivity contribution in [2.45, 2.75) is 147 Å². The SMILES string of the molecule is CCCCCCCc1ccc(C(c2ccc(F)nc2)(C(Cc2ccc(F)nc2)c2ccc(CCCC)cc2)C(C(Cc2ccc(F)nc2)c2ccc(CC)cc2)C(Cc2ccc(F)nc2)c2ccc(CCC)cc2)cc1. The van der Waals surface area contributed by atoms with E-state index in [1.165, 1.54) is 65.8 Å². The van der Waals surface area contributed by atoms with Crippen LogP contribution < -0.4 is 0 Å². The molecule has 0 aliphatic carbocycles. The summed E-state index contributed by atoms with van der Waals surface area (Å²) in [6, 6.07) is 49.2. The van der Waals surface area contributed by atoms with Gasteiger partial charge in [0, 0.05) is 36.1 Å². The topological polar surface area (TPSA) is 51.6 Å². The standard InChI is InChI=1S/C68H74F4N4/c1-5-9-11-12-13-16-51-23-34-58(35-24-51)68(59-36-40-66(72)76-47-59,62(43-54-27-39-65(71)75-46-54)57-32-21-50(22-33-57)15-10-6-2)67(60(41-52-25-37-63(69)73-44-52)55-28-17-48(8-4)18-29-55)61(42-53-26-38-64(70)74-45-53)56-30-19-49(14-7-3)20-31-56/h17-40,44-47,60-62,67H,5-16,41-43H2,1-4H3. The number of unbranched alkanes of at least 4 members (excludes halogenated alkanes) is 5. The summed E-state index contributed by atoms with van der Waals surface area (Å²) < 4.78 is 60.7. The zero-order valence-electron chi connectivity index (χ0n) is 44.9. The Labute approximate surface area is 449 Å². The van der Waals surface area contributed by atoms with Crippen molar-refractivity contribution in [1.82, 2.24) is 19.9 Å². The highest BCUT2D eigenvalue weighted by Crippen LogP contribution is 2.60. The Balaban J connectivity index is 1.54. The van der Waals surface area contributed by atoms with E-state index in [-0.39, 0.29) is 11.8 Å². The first-order valence-electron chi connectivity index (χ1n) is 27.9. The van der Waals surface area contributed by atoms with Crippen LogP contribution in [0.2, 0.25) is 0 Å². The molecule has 4 aromatic heterocycles. The maximum absolute atomic E-state index is 15.8. The molecule has 5 atom stereocenters. The Hall–Kier alpha value is -6.80. The van der Waals surface area contributed by atoms with Crippen molar-refractivity contribution in [3.8, 4) is 0 Å². The van der Waals surface area contributed by atoms with Crippen molar-refractivity contribution in [3.63, 3.8) is 0 Å².